The number of nitrogens with one attached hydrogen (secondary N) is 2. The first kappa shape index (κ1) is 16.7. The summed E-state index contributed by atoms with van der Waals surface area (Å²) in [6.07, 6.45) is 4.24. The second-order valence-electron chi connectivity index (χ2n) is 5.42. The van der Waals surface area contributed by atoms with Crippen LogP contribution in [-0.2, 0) is 9.84 Å². The number of guanidine groups is 1. The summed E-state index contributed by atoms with van der Waals surface area (Å²) in [7, 11) is -3.37. The molecule has 128 valence electrons. The fourth-order valence-corrected chi connectivity index (χ4v) is 3.15. The van der Waals surface area contributed by atoms with Gasteiger partial charge < -0.3 is 10.3 Å². The second kappa shape index (κ2) is 6.02. The number of aromatic nitrogens is 2. The summed E-state index contributed by atoms with van der Waals surface area (Å²) in [6.45, 7) is 0. The average Bonchev–Trinajstić information content (AvgIpc) is 2.93. The summed E-state index contributed by atoms with van der Waals surface area (Å²) in [6, 6.07) is 9.75. The number of sulfone groups is 1. The number of nitrogens with zero attached hydrogens (tertiary/aromatic N) is 2. The largest absolute Gasteiger partial charge is 0.370 e. The summed E-state index contributed by atoms with van der Waals surface area (Å²) in [5.41, 5.74) is 6.54. The van der Waals surface area contributed by atoms with Gasteiger partial charge in [-0.3, -0.25) is 15.5 Å². The molecule has 2 aromatic heterocycles. The van der Waals surface area contributed by atoms with Gasteiger partial charge in [-0.25, -0.2) is 13.4 Å². The molecule has 1 aromatic carbocycles. The molecule has 1 amide bonds. The molecule has 3 rings (SSSR count). The Bertz CT molecular complexity index is 1100. The zero-order valence-corrected chi connectivity index (χ0v) is 14.0. The maximum atomic E-state index is 12.3. The molecule has 0 bridgehead atoms. The van der Waals surface area contributed by atoms with E-state index in [1.165, 1.54) is 18.3 Å². The predicted octanol–water partition coefficient (Wildman–Crippen LogP) is 1.05. The monoisotopic (exact) mass is 357 g/mol. The van der Waals surface area contributed by atoms with Crippen LogP contribution >= 0.6 is 0 Å². The van der Waals surface area contributed by atoms with Gasteiger partial charge in [0.05, 0.1) is 10.5 Å². The van der Waals surface area contributed by atoms with Crippen LogP contribution in [0.2, 0.25) is 0 Å². The number of hydrogen-bond acceptors (Lipinski definition) is 5. The van der Waals surface area contributed by atoms with E-state index in [0.717, 1.165) is 6.26 Å². The number of benzene rings is 1. The Labute approximate surface area is 143 Å². The van der Waals surface area contributed by atoms with Gasteiger partial charge in [-0.1, -0.05) is 6.07 Å². The van der Waals surface area contributed by atoms with Crippen LogP contribution in [0, 0.1) is 5.41 Å². The van der Waals surface area contributed by atoms with Crippen LogP contribution < -0.4 is 11.1 Å². The van der Waals surface area contributed by atoms with Crippen molar-refractivity contribution in [1.29, 1.82) is 5.41 Å². The van der Waals surface area contributed by atoms with Gasteiger partial charge in [0.15, 0.2) is 15.8 Å². The zero-order chi connectivity index (χ0) is 18.2. The van der Waals surface area contributed by atoms with E-state index in [1.807, 2.05) is 0 Å². The van der Waals surface area contributed by atoms with E-state index in [4.69, 9.17) is 11.1 Å². The van der Waals surface area contributed by atoms with E-state index < -0.39 is 21.7 Å². The van der Waals surface area contributed by atoms with Gasteiger partial charge in [-0.2, -0.15) is 0 Å². The maximum absolute atomic E-state index is 12.3. The Morgan fingerprint density at radius 3 is 2.72 bits per heavy atom. The van der Waals surface area contributed by atoms with E-state index in [1.54, 1.807) is 35.0 Å². The minimum Gasteiger partial charge on any atom is -0.370 e. The molecule has 2 heterocycles. The Balaban J connectivity index is 2.21. The molecule has 0 aliphatic heterocycles. The third-order valence-electron chi connectivity index (χ3n) is 3.58. The Morgan fingerprint density at radius 1 is 1.28 bits per heavy atom. The maximum Gasteiger partial charge on any atom is 0.260 e. The summed E-state index contributed by atoms with van der Waals surface area (Å²) in [5, 5.41) is 10.0. The Morgan fingerprint density at radius 2 is 2.04 bits per heavy atom. The molecule has 0 atom stereocenters. The molecule has 0 aliphatic rings. The highest BCUT2D eigenvalue weighted by atomic mass is 32.2. The summed E-state index contributed by atoms with van der Waals surface area (Å²) >= 11 is 0. The molecule has 9 heteroatoms. The third kappa shape index (κ3) is 3.22. The lowest BCUT2D eigenvalue weighted by molar-refractivity contribution is 0.0978. The Hall–Kier alpha value is -3.20. The van der Waals surface area contributed by atoms with Gasteiger partial charge in [0.1, 0.15) is 5.65 Å². The van der Waals surface area contributed by atoms with E-state index in [-0.39, 0.29) is 10.5 Å². The van der Waals surface area contributed by atoms with E-state index in [2.05, 4.69) is 10.3 Å². The SMILES string of the molecule is CS(=O)(=O)c1cccc(-n2cc(C(=O)NC(=N)N)c3cccnc32)c1. The quantitative estimate of drug-likeness (QED) is 0.476. The molecule has 0 saturated carbocycles. The van der Waals surface area contributed by atoms with Crippen molar-refractivity contribution < 1.29 is 13.2 Å². The number of hydrogen-bond donors (Lipinski definition) is 3. The van der Waals surface area contributed by atoms with Crippen molar-refractivity contribution in [2.45, 2.75) is 4.90 Å². The third-order valence-corrected chi connectivity index (χ3v) is 4.69. The second-order valence-corrected chi connectivity index (χ2v) is 7.44. The number of amides is 1. The van der Waals surface area contributed by atoms with Gasteiger partial charge >= 0.3 is 0 Å². The number of carbonyl (C=O) groups is 1. The Kier molecular flexibility index (Phi) is 4.01. The van der Waals surface area contributed by atoms with E-state index in [9.17, 15) is 13.2 Å². The van der Waals surface area contributed by atoms with Crippen molar-refractivity contribution in [3.05, 3.63) is 54.4 Å². The fraction of sp³-hybridized carbons (Fsp3) is 0.0625. The van der Waals surface area contributed by atoms with Crippen LogP contribution in [0.3, 0.4) is 0 Å². The van der Waals surface area contributed by atoms with Gasteiger partial charge in [0.25, 0.3) is 5.91 Å². The molecular formula is C16H15N5O3S. The van der Waals surface area contributed by atoms with Crippen molar-refractivity contribution >= 4 is 32.7 Å². The highest BCUT2D eigenvalue weighted by Gasteiger charge is 2.18. The topological polar surface area (TPSA) is 131 Å². The molecular weight excluding hydrogens is 342 g/mol. The zero-order valence-electron chi connectivity index (χ0n) is 13.2. The highest BCUT2D eigenvalue weighted by molar-refractivity contribution is 7.90. The number of fused-ring (bicyclic) bond motifs is 1. The number of carbonyl (C=O) groups excluding carboxylic acids is 1. The number of nitrogens with two attached hydrogens (primary N) is 1. The fourth-order valence-electron chi connectivity index (χ4n) is 2.49. The molecule has 4 N–H and O–H groups in total. The molecule has 0 fully saturated rings. The smallest absolute Gasteiger partial charge is 0.260 e. The van der Waals surface area contributed by atoms with Gasteiger partial charge in [0.2, 0.25) is 0 Å². The van der Waals surface area contributed by atoms with Crippen LogP contribution in [0.1, 0.15) is 10.4 Å². The van der Waals surface area contributed by atoms with Crippen molar-refractivity contribution in [3.63, 3.8) is 0 Å². The van der Waals surface area contributed by atoms with Crippen molar-refractivity contribution in [1.82, 2.24) is 14.9 Å². The summed E-state index contributed by atoms with van der Waals surface area (Å²) < 4.78 is 25.2. The molecule has 25 heavy (non-hydrogen) atoms. The minimum atomic E-state index is -3.37. The van der Waals surface area contributed by atoms with Crippen LogP contribution in [0.4, 0.5) is 0 Å². The van der Waals surface area contributed by atoms with Gasteiger partial charge in [-0.05, 0) is 30.3 Å². The molecule has 0 saturated heterocycles. The van der Waals surface area contributed by atoms with Crippen LogP contribution in [0.15, 0.2) is 53.7 Å². The minimum absolute atomic E-state index is 0.164. The lowest BCUT2D eigenvalue weighted by Crippen LogP contribution is -2.35. The first-order chi connectivity index (χ1) is 11.8. The lowest BCUT2D eigenvalue weighted by atomic mass is 10.2. The molecule has 0 radical (unpaired) electrons. The van der Waals surface area contributed by atoms with Crippen molar-refractivity contribution in [2.75, 3.05) is 6.26 Å². The number of pyridine rings is 1. The normalized spacial score (nSPS) is 11.4. The van der Waals surface area contributed by atoms with Crippen LogP contribution in [-0.4, -0.2) is 36.1 Å². The summed E-state index contributed by atoms with van der Waals surface area (Å²) in [5.74, 6) is -1.00. The summed E-state index contributed by atoms with van der Waals surface area (Å²) in [4.78, 5) is 16.7. The average molecular weight is 357 g/mol. The van der Waals surface area contributed by atoms with Crippen LogP contribution in [0.25, 0.3) is 16.7 Å². The standard InChI is InChI=1S/C16H15N5O3S/c1-25(23,24)11-5-2-4-10(8-11)21-9-13(15(22)20-16(17)18)12-6-3-7-19-14(12)21/h2-9H,1H3,(H4,17,18,20,22). The predicted molar refractivity (Wildman–Crippen MR) is 93.6 cm³/mol. The molecule has 0 spiro atoms. The van der Waals surface area contributed by atoms with Crippen molar-refractivity contribution in [3.8, 4) is 5.69 Å². The van der Waals surface area contributed by atoms with E-state index in [0.29, 0.717) is 16.7 Å². The van der Waals surface area contributed by atoms with Gasteiger partial charge in [0, 0.05) is 29.7 Å². The van der Waals surface area contributed by atoms with Gasteiger partial charge in [-0.15, -0.1) is 0 Å². The van der Waals surface area contributed by atoms with Crippen molar-refractivity contribution in [2.24, 2.45) is 5.73 Å². The highest BCUT2D eigenvalue weighted by Crippen LogP contribution is 2.24. The van der Waals surface area contributed by atoms with Crippen LogP contribution in [0.5, 0.6) is 0 Å². The number of rotatable bonds is 3. The molecule has 0 unspecified atom stereocenters. The molecule has 3 aromatic rings. The molecule has 0 aliphatic carbocycles. The lowest BCUT2D eigenvalue weighted by Gasteiger charge is -2.06. The van der Waals surface area contributed by atoms with E-state index >= 15 is 0 Å². The molecule has 8 nitrogen and oxygen atoms in total. The first-order valence-corrected chi connectivity index (χ1v) is 9.08. The first-order valence-electron chi connectivity index (χ1n) is 7.19.